The maximum atomic E-state index is 13.1. The summed E-state index contributed by atoms with van der Waals surface area (Å²) < 4.78 is 0. The monoisotopic (exact) mass is 498 g/mol. The van der Waals surface area contributed by atoms with Crippen molar-refractivity contribution >= 4 is 47.2 Å². The summed E-state index contributed by atoms with van der Waals surface area (Å²) in [5, 5.41) is 8.01. The highest BCUT2D eigenvalue weighted by Gasteiger charge is 2.45. The maximum Gasteiger partial charge on any atom is 0.327 e. The van der Waals surface area contributed by atoms with E-state index in [1.165, 1.54) is 18.0 Å². The summed E-state index contributed by atoms with van der Waals surface area (Å²) >= 11 is 0. The molecule has 0 aromatic heterocycles. The van der Waals surface area contributed by atoms with E-state index >= 15 is 0 Å². The van der Waals surface area contributed by atoms with Crippen molar-refractivity contribution in [3.63, 3.8) is 0 Å². The molecule has 3 aliphatic rings. The first-order valence-corrected chi connectivity index (χ1v) is 11.6. The number of amides is 8. The molecule has 36 heavy (non-hydrogen) atoms. The van der Waals surface area contributed by atoms with Crippen LogP contribution < -0.4 is 16.0 Å². The second-order valence-electron chi connectivity index (χ2n) is 8.75. The van der Waals surface area contributed by atoms with Crippen molar-refractivity contribution in [2.24, 2.45) is 0 Å². The Kier molecular flexibility index (Phi) is 6.99. The molecule has 1 unspecified atom stereocenters. The van der Waals surface area contributed by atoms with Crippen LogP contribution in [0, 0.1) is 0 Å². The number of hydrogen-bond donors (Lipinski definition) is 3. The number of unbranched alkanes of at least 4 members (excludes halogenated alkanes) is 1. The third kappa shape index (κ3) is 4.76. The van der Waals surface area contributed by atoms with E-state index in [0.29, 0.717) is 31.6 Å². The summed E-state index contributed by atoms with van der Waals surface area (Å²) in [6.07, 6.45) is 1.38. The lowest BCUT2D eigenvalue weighted by Crippen LogP contribution is -2.54. The molecule has 1 aromatic carbocycles. The zero-order chi connectivity index (χ0) is 26.0. The summed E-state index contributed by atoms with van der Waals surface area (Å²) in [5.74, 6) is -2.96. The van der Waals surface area contributed by atoms with Crippen LogP contribution in [-0.4, -0.2) is 95.4 Å². The largest absolute Gasteiger partial charge is 0.384 e. The Morgan fingerprint density at radius 3 is 2.50 bits per heavy atom. The zero-order valence-corrected chi connectivity index (χ0v) is 19.7. The smallest absolute Gasteiger partial charge is 0.327 e. The number of nitrogens with one attached hydrogen (secondary N) is 3. The third-order valence-electron chi connectivity index (χ3n) is 6.30. The molecule has 3 N–H and O–H groups in total. The minimum Gasteiger partial charge on any atom is -0.384 e. The van der Waals surface area contributed by atoms with Crippen LogP contribution in [0.2, 0.25) is 0 Å². The predicted octanol–water partition coefficient (Wildman–Crippen LogP) is -0.710. The molecular formula is C23H26N6O7. The van der Waals surface area contributed by atoms with Gasteiger partial charge < -0.3 is 15.5 Å². The van der Waals surface area contributed by atoms with E-state index in [1.807, 2.05) is 0 Å². The number of carbonyl (C=O) groups excluding carboxylic acids is 7. The Morgan fingerprint density at radius 2 is 1.81 bits per heavy atom. The topological polar surface area (TPSA) is 165 Å². The highest BCUT2D eigenvalue weighted by atomic mass is 16.2. The van der Waals surface area contributed by atoms with E-state index in [2.05, 4.69) is 16.0 Å². The average molecular weight is 498 g/mol. The summed E-state index contributed by atoms with van der Waals surface area (Å²) in [7, 11) is 1.37. The maximum absolute atomic E-state index is 13.1. The summed E-state index contributed by atoms with van der Waals surface area (Å²) in [4.78, 5) is 88.0. The predicted molar refractivity (Wildman–Crippen MR) is 124 cm³/mol. The number of hydrogen-bond acceptors (Lipinski definition) is 8. The van der Waals surface area contributed by atoms with Gasteiger partial charge in [0.05, 0.1) is 11.1 Å². The number of piperidine rings is 1. The normalized spacial score (nSPS) is 19.7. The lowest BCUT2D eigenvalue weighted by molar-refractivity contribution is -0.136. The molecule has 3 heterocycles. The van der Waals surface area contributed by atoms with Crippen LogP contribution in [0.5, 0.6) is 0 Å². The van der Waals surface area contributed by atoms with Crippen molar-refractivity contribution in [3.8, 4) is 0 Å². The molecule has 4 rings (SSSR count). The molecule has 190 valence electrons. The van der Waals surface area contributed by atoms with E-state index in [0.717, 1.165) is 9.80 Å². The lowest BCUT2D eigenvalue weighted by Gasteiger charge is -2.27. The Bertz CT molecular complexity index is 1170. The fraction of sp³-hybridized carbons (Fsp3) is 0.435. The van der Waals surface area contributed by atoms with Gasteiger partial charge in [0, 0.05) is 32.2 Å². The molecule has 0 aliphatic carbocycles. The fourth-order valence-corrected chi connectivity index (χ4v) is 4.37. The molecule has 13 heteroatoms. The van der Waals surface area contributed by atoms with Gasteiger partial charge in [-0.05, 0) is 31.4 Å². The van der Waals surface area contributed by atoms with Crippen molar-refractivity contribution in [3.05, 3.63) is 29.3 Å². The summed E-state index contributed by atoms with van der Waals surface area (Å²) in [5.41, 5.74) is 0.851. The highest BCUT2D eigenvalue weighted by Crippen LogP contribution is 2.32. The van der Waals surface area contributed by atoms with Crippen LogP contribution >= 0.6 is 0 Å². The Labute approximate surface area is 206 Å². The number of urea groups is 1. The van der Waals surface area contributed by atoms with Crippen molar-refractivity contribution in [1.29, 1.82) is 0 Å². The molecule has 0 radical (unpaired) electrons. The average Bonchev–Trinajstić information content (AvgIpc) is 3.23. The molecule has 2 fully saturated rings. The molecule has 0 saturated carbocycles. The molecule has 13 nitrogen and oxygen atoms in total. The molecule has 8 amide bonds. The van der Waals surface area contributed by atoms with Crippen LogP contribution in [0.25, 0.3) is 0 Å². The van der Waals surface area contributed by atoms with Crippen molar-refractivity contribution < 1.29 is 33.6 Å². The van der Waals surface area contributed by atoms with Crippen LogP contribution in [0.3, 0.4) is 0 Å². The first kappa shape index (κ1) is 24.8. The number of likely N-dealkylation sites (N-methyl/N-ethyl adjacent to an activating group) is 1. The van der Waals surface area contributed by atoms with Gasteiger partial charge in [0.15, 0.2) is 0 Å². The van der Waals surface area contributed by atoms with Gasteiger partial charge >= 0.3 is 6.03 Å². The molecular weight excluding hydrogens is 472 g/mol. The number of imide groups is 3. The van der Waals surface area contributed by atoms with E-state index in [9.17, 15) is 33.6 Å². The van der Waals surface area contributed by atoms with Gasteiger partial charge in [-0.3, -0.25) is 43.9 Å². The van der Waals surface area contributed by atoms with Crippen molar-refractivity contribution in [2.75, 3.05) is 38.5 Å². The number of benzene rings is 1. The molecule has 2 saturated heterocycles. The van der Waals surface area contributed by atoms with Gasteiger partial charge in [0.25, 0.3) is 11.8 Å². The number of anilines is 1. The van der Waals surface area contributed by atoms with Gasteiger partial charge in [-0.15, -0.1) is 0 Å². The second-order valence-corrected chi connectivity index (χ2v) is 8.75. The summed E-state index contributed by atoms with van der Waals surface area (Å²) in [6.45, 7) is 0.509. The van der Waals surface area contributed by atoms with Gasteiger partial charge in [0.1, 0.15) is 19.1 Å². The van der Waals surface area contributed by atoms with Gasteiger partial charge in [-0.25, -0.2) is 4.79 Å². The first-order valence-electron chi connectivity index (χ1n) is 11.6. The SMILES string of the molecule is CN1C(=O)CN(CC(=O)NCCCCNc2cccc3c2C(=O)N(C2CCC(=O)NC2=O)C3=O)C1=O. The highest BCUT2D eigenvalue weighted by molar-refractivity contribution is 6.25. The standard InChI is InChI=1S/C23H26N6O7/c1-27-18(32)12-28(23(27)36)11-17(31)25-10-3-2-9-24-14-6-4-5-13-19(14)22(35)29(21(13)34)15-7-8-16(30)26-20(15)33/h4-6,15,24H,2-3,7-12H2,1H3,(H,25,31)(H,26,30,33). The molecule has 0 bridgehead atoms. The number of carbonyl (C=O) groups is 7. The lowest BCUT2D eigenvalue weighted by atomic mass is 10.0. The quantitative estimate of drug-likeness (QED) is 0.228. The fourth-order valence-electron chi connectivity index (χ4n) is 4.37. The number of fused-ring (bicyclic) bond motifs is 1. The van der Waals surface area contributed by atoms with Crippen LogP contribution in [0.4, 0.5) is 10.5 Å². The Morgan fingerprint density at radius 1 is 1.06 bits per heavy atom. The molecule has 3 aliphatic heterocycles. The third-order valence-corrected chi connectivity index (χ3v) is 6.30. The minimum atomic E-state index is -1.03. The van der Waals surface area contributed by atoms with Gasteiger partial charge in [0.2, 0.25) is 23.6 Å². The molecule has 1 atom stereocenters. The molecule has 0 spiro atoms. The zero-order valence-electron chi connectivity index (χ0n) is 19.7. The van der Waals surface area contributed by atoms with E-state index in [1.54, 1.807) is 12.1 Å². The van der Waals surface area contributed by atoms with E-state index in [-0.39, 0.29) is 48.9 Å². The molecule has 1 aromatic rings. The number of nitrogens with zero attached hydrogens (tertiary/aromatic N) is 3. The minimum absolute atomic E-state index is 0.0506. The second kappa shape index (κ2) is 10.1. The van der Waals surface area contributed by atoms with Crippen molar-refractivity contribution in [2.45, 2.75) is 31.7 Å². The number of rotatable bonds is 9. The Hall–Kier alpha value is -4.29. The first-order chi connectivity index (χ1) is 17.2. The van der Waals surface area contributed by atoms with Gasteiger partial charge in [-0.1, -0.05) is 6.07 Å². The van der Waals surface area contributed by atoms with Gasteiger partial charge in [-0.2, -0.15) is 0 Å². The van der Waals surface area contributed by atoms with E-state index in [4.69, 9.17) is 0 Å². The van der Waals surface area contributed by atoms with Crippen molar-refractivity contribution in [1.82, 2.24) is 25.3 Å². The summed E-state index contributed by atoms with van der Waals surface area (Å²) in [6, 6.07) is 3.31. The van der Waals surface area contributed by atoms with Crippen LogP contribution in [0.1, 0.15) is 46.4 Å². The Balaban J connectivity index is 1.25. The van der Waals surface area contributed by atoms with Crippen LogP contribution in [0.15, 0.2) is 18.2 Å². The van der Waals surface area contributed by atoms with E-state index < -0.39 is 35.7 Å². The van der Waals surface area contributed by atoms with Crippen LogP contribution in [-0.2, 0) is 19.2 Å².